The molecular weight excluding hydrogens is 229 g/mol. The van der Waals surface area contributed by atoms with Crippen LogP contribution in [0.2, 0.25) is 0 Å². The Morgan fingerprint density at radius 3 is 3.06 bits per heavy atom. The second-order valence-corrected chi connectivity index (χ2v) is 4.97. The lowest BCUT2D eigenvalue weighted by Gasteiger charge is -2.35. The number of hydrogen-bond donors (Lipinski definition) is 2. The molecule has 1 heterocycles. The topological polar surface area (TPSA) is 27.3 Å². The van der Waals surface area contributed by atoms with Crippen molar-refractivity contribution in [3.05, 3.63) is 35.6 Å². The number of nitrogens with zero attached hydrogens (tertiary/aromatic N) is 1. The van der Waals surface area contributed by atoms with E-state index in [2.05, 4.69) is 22.6 Å². The smallest absolute Gasteiger partial charge is 0.123 e. The van der Waals surface area contributed by atoms with E-state index in [-0.39, 0.29) is 11.9 Å². The summed E-state index contributed by atoms with van der Waals surface area (Å²) in [5.74, 6) is -0.164. The van der Waals surface area contributed by atoms with Crippen LogP contribution in [-0.4, -0.2) is 44.7 Å². The molecule has 1 aromatic carbocycles. The van der Waals surface area contributed by atoms with Crippen molar-refractivity contribution >= 4 is 0 Å². The van der Waals surface area contributed by atoms with Gasteiger partial charge in [0.05, 0.1) is 0 Å². The molecule has 1 aliphatic rings. The van der Waals surface area contributed by atoms with Crippen LogP contribution in [0.5, 0.6) is 0 Å². The highest BCUT2D eigenvalue weighted by Gasteiger charge is 2.22. The first-order chi connectivity index (χ1) is 8.70. The summed E-state index contributed by atoms with van der Waals surface area (Å²) in [7, 11) is 4.09. The van der Waals surface area contributed by atoms with Gasteiger partial charge in [0.1, 0.15) is 5.82 Å². The van der Waals surface area contributed by atoms with E-state index in [1.165, 1.54) is 6.07 Å². The molecule has 2 atom stereocenters. The van der Waals surface area contributed by atoms with Crippen LogP contribution in [0, 0.1) is 5.82 Å². The van der Waals surface area contributed by atoms with Crippen LogP contribution in [0.1, 0.15) is 18.0 Å². The van der Waals surface area contributed by atoms with Gasteiger partial charge >= 0.3 is 0 Å². The highest BCUT2D eigenvalue weighted by atomic mass is 19.1. The van der Waals surface area contributed by atoms with Crippen molar-refractivity contribution in [1.82, 2.24) is 15.5 Å². The lowest BCUT2D eigenvalue weighted by molar-refractivity contribution is 0.178. The summed E-state index contributed by atoms with van der Waals surface area (Å²) in [4.78, 5) is 2.38. The fourth-order valence-electron chi connectivity index (χ4n) is 2.54. The molecule has 0 aliphatic carbocycles. The number of halogens is 1. The predicted octanol–water partition coefficient (Wildman–Crippen LogP) is 1.38. The molecule has 4 heteroatoms. The molecule has 0 spiro atoms. The molecular formula is C14H22FN3. The van der Waals surface area contributed by atoms with E-state index < -0.39 is 0 Å². The van der Waals surface area contributed by atoms with Gasteiger partial charge in [0, 0.05) is 31.7 Å². The van der Waals surface area contributed by atoms with Crippen molar-refractivity contribution in [2.75, 3.05) is 33.7 Å². The number of hydrogen-bond acceptors (Lipinski definition) is 3. The highest BCUT2D eigenvalue weighted by molar-refractivity contribution is 5.20. The van der Waals surface area contributed by atoms with E-state index in [1.807, 2.05) is 13.1 Å². The Morgan fingerprint density at radius 2 is 2.39 bits per heavy atom. The minimum atomic E-state index is -0.164. The Hall–Kier alpha value is -0.970. The van der Waals surface area contributed by atoms with Crippen LogP contribution in [0.4, 0.5) is 4.39 Å². The van der Waals surface area contributed by atoms with Crippen molar-refractivity contribution in [3.63, 3.8) is 0 Å². The first-order valence-electron chi connectivity index (χ1n) is 6.54. The number of rotatable bonds is 4. The number of nitrogens with one attached hydrogen (secondary N) is 2. The molecule has 100 valence electrons. The summed E-state index contributed by atoms with van der Waals surface area (Å²) in [5.41, 5.74) is 1.02. The highest BCUT2D eigenvalue weighted by Crippen LogP contribution is 2.21. The molecule has 18 heavy (non-hydrogen) atoms. The molecule has 2 rings (SSSR count). The zero-order valence-corrected chi connectivity index (χ0v) is 11.1. The largest absolute Gasteiger partial charge is 0.314 e. The number of benzene rings is 1. The molecule has 1 aliphatic heterocycles. The molecule has 3 nitrogen and oxygen atoms in total. The van der Waals surface area contributed by atoms with E-state index in [1.54, 1.807) is 12.1 Å². The van der Waals surface area contributed by atoms with E-state index in [0.717, 1.165) is 31.6 Å². The Kier molecular flexibility index (Phi) is 4.69. The maximum atomic E-state index is 13.3. The van der Waals surface area contributed by atoms with Crippen LogP contribution in [0.3, 0.4) is 0 Å². The van der Waals surface area contributed by atoms with E-state index in [0.29, 0.717) is 6.04 Å². The summed E-state index contributed by atoms with van der Waals surface area (Å²) in [5, 5.41) is 6.71. The van der Waals surface area contributed by atoms with Gasteiger partial charge in [-0.3, -0.25) is 0 Å². The second kappa shape index (κ2) is 6.27. The van der Waals surface area contributed by atoms with Crippen LogP contribution in [0.15, 0.2) is 24.3 Å². The molecule has 0 saturated carbocycles. The van der Waals surface area contributed by atoms with Gasteiger partial charge in [0.15, 0.2) is 0 Å². The quantitative estimate of drug-likeness (QED) is 0.846. The first-order valence-corrected chi connectivity index (χ1v) is 6.54. The summed E-state index contributed by atoms with van der Waals surface area (Å²) in [6, 6.07) is 7.58. The van der Waals surface area contributed by atoms with Gasteiger partial charge in [-0.05, 0) is 38.2 Å². The molecule has 0 amide bonds. The monoisotopic (exact) mass is 251 g/mol. The Labute approximate surface area is 108 Å². The van der Waals surface area contributed by atoms with Gasteiger partial charge in [0.25, 0.3) is 0 Å². The molecule has 0 aromatic heterocycles. The third kappa shape index (κ3) is 3.28. The molecule has 1 aromatic rings. The van der Waals surface area contributed by atoms with Crippen molar-refractivity contribution in [3.8, 4) is 0 Å². The number of piperazine rings is 1. The summed E-state index contributed by atoms with van der Waals surface area (Å²) in [6.07, 6.45) is 0.990. The van der Waals surface area contributed by atoms with E-state index >= 15 is 0 Å². The molecule has 0 radical (unpaired) electrons. The Balaban J connectivity index is 2.04. The third-order valence-corrected chi connectivity index (χ3v) is 3.75. The summed E-state index contributed by atoms with van der Waals surface area (Å²) >= 11 is 0. The van der Waals surface area contributed by atoms with Gasteiger partial charge in [0.2, 0.25) is 0 Å². The predicted molar refractivity (Wildman–Crippen MR) is 72.1 cm³/mol. The maximum absolute atomic E-state index is 13.3. The SMILES string of the molecule is CNC(CC1CNCCN1C)c1cccc(F)c1. The van der Waals surface area contributed by atoms with Crippen molar-refractivity contribution in [1.29, 1.82) is 0 Å². The Morgan fingerprint density at radius 1 is 1.56 bits per heavy atom. The van der Waals surface area contributed by atoms with Crippen molar-refractivity contribution in [2.45, 2.75) is 18.5 Å². The summed E-state index contributed by atoms with van der Waals surface area (Å²) < 4.78 is 13.3. The zero-order chi connectivity index (χ0) is 13.0. The summed E-state index contributed by atoms with van der Waals surface area (Å²) in [6.45, 7) is 3.13. The van der Waals surface area contributed by atoms with Gasteiger partial charge in [-0.25, -0.2) is 4.39 Å². The minimum Gasteiger partial charge on any atom is -0.314 e. The zero-order valence-electron chi connectivity index (χ0n) is 11.1. The van der Waals surface area contributed by atoms with Crippen LogP contribution in [-0.2, 0) is 0 Å². The molecule has 2 N–H and O–H groups in total. The standard InChI is InChI=1S/C14H22FN3/c1-16-14(11-4-3-5-12(15)8-11)9-13-10-17-6-7-18(13)2/h3-5,8,13-14,16-17H,6-7,9-10H2,1-2H3. The van der Waals surface area contributed by atoms with Crippen molar-refractivity contribution < 1.29 is 4.39 Å². The third-order valence-electron chi connectivity index (χ3n) is 3.75. The van der Waals surface area contributed by atoms with Crippen LogP contribution >= 0.6 is 0 Å². The number of likely N-dealkylation sites (N-methyl/N-ethyl adjacent to an activating group) is 1. The van der Waals surface area contributed by atoms with Crippen LogP contribution < -0.4 is 10.6 Å². The Bertz CT molecular complexity index is 383. The lowest BCUT2D eigenvalue weighted by atomic mass is 9.97. The second-order valence-electron chi connectivity index (χ2n) is 4.97. The van der Waals surface area contributed by atoms with Crippen molar-refractivity contribution in [2.24, 2.45) is 0 Å². The van der Waals surface area contributed by atoms with Gasteiger partial charge in [-0.2, -0.15) is 0 Å². The average Bonchev–Trinajstić information content (AvgIpc) is 2.38. The fourth-order valence-corrected chi connectivity index (χ4v) is 2.54. The fraction of sp³-hybridized carbons (Fsp3) is 0.571. The minimum absolute atomic E-state index is 0.164. The van der Waals surface area contributed by atoms with Gasteiger partial charge in [-0.15, -0.1) is 0 Å². The van der Waals surface area contributed by atoms with Gasteiger partial charge in [-0.1, -0.05) is 12.1 Å². The molecule has 1 saturated heterocycles. The molecule has 2 unspecified atom stereocenters. The first kappa shape index (κ1) is 13.5. The average molecular weight is 251 g/mol. The lowest BCUT2D eigenvalue weighted by Crippen LogP contribution is -2.50. The van der Waals surface area contributed by atoms with Gasteiger partial charge < -0.3 is 15.5 Å². The van der Waals surface area contributed by atoms with E-state index in [4.69, 9.17) is 0 Å². The van der Waals surface area contributed by atoms with Crippen LogP contribution in [0.25, 0.3) is 0 Å². The maximum Gasteiger partial charge on any atom is 0.123 e. The normalized spacial score (nSPS) is 22.9. The molecule has 1 fully saturated rings. The molecule has 0 bridgehead atoms. The van der Waals surface area contributed by atoms with E-state index in [9.17, 15) is 4.39 Å².